The van der Waals surface area contributed by atoms with E-state index in [2.05, 4.69) is 95.0 Å². The number of benzene rings is 2. The Labute approximate surface area is 187 Å². The van der Waals surface area contributed by atoms with E-state index in [9.17, 15) is 0 Å². The van der Waals surface area contributed by atoms with Crippen LogP contribution in [0.4, 0.5) is 0 Å². The Balaban J connectivity index is 1.57. The summed E-state index contributed by atoms with van der Waals surface area (Å²) in [5, 5.41) is 7.00. The van der Waals surface area contributed by atoms with Gasteiger partial charge in [-0.25, -0.2) is 0 Å². The van der Waals surface area contributed by atoms with Gasteiger partial charge in [-0.1, -0.05) is 54.1 Å². The SMILES string of the molecule is CN=C(NCc1ccccc1CN1CCOCC1)NCC(c1ccc(C)cc1)N(C)C. The first-order chi connectivity index (χ1) is 15.1. The second-order valence-corrected chi connectivity index (χ2v) is 8.35. The number of morpholine rings is 1. The Morgan fingerprint density at radius 2 is 1.71 bits per heavy atom. The van der Waals surface area contributed by atoms with Gasteiger partial charge in [0.25, 0.3) is 0 Å². The summed E-state index contributed by atoms with van der Waals surface area (Å²) in [5.41, 5.74) is 5.25. The lowest BCUT2D eigenvalue weighted by Crippen LogP contribution is -2.41. The van der Waals surface area contributed by atoms with Crippen molar-refractivity contribution in [2.45, 2.75) is 26.1 Å². The zero-order valence-electron chi connectivity index (χ0n) is 19.4. The van der Waals surface area contributed by atoms with Crippen LogP contribution in [0.2, 0.25) is 0 Å². The molecule has 2 aromatic carbocycles. The number of ether oxygens (including phenoxy) is 1. The summed E-state index contributed by atoms with van der Waals surface area (Å²) in [5.74, 6) is 0.820. The van der Waals surface area contributed by atoms with E-state index in [1.165, 1.54) is 22.3 Å². The van der Waals surface area contributed by atoms with E-state index < -0.39 is 0 Å². The molecule has 2 N–H and O–H groups in total. The van der Waals surface area contributed by atoms with Gasteiger partial charge in [0.2, 0.25) is 0 Å². The van der Waals surface area contributed by atoms with Gasteiger partial charge < -0.3 is 20.3 Å². The lowest BCUT2D eigenvalue weighted by molar-refractivity contribution is 0.0341. The molecule has 1 saturated heterocycles. The minimum Gasteiger partial charge on any atom is -0.379 e. The van der Waals surface area contributed by atoms with Crippen molar-refractivity contribution in [2.75, 3.05) is 54.0 Å². The second-order valence-electron chi connectivity index (χ2n) is 8.35. The van der Waals surface area contributed by atoms with E-state index in [-0.39, 0.29) is 6.04 Å². The molecule has 1 fully saturated rings. The molecule has 0 spiro atoms. The Kier molecular flexibility index (Phi) is 8.88. The minimum atomic E-state index is 0.271. The highest BCUT2D eigenvalue weighted by Crippen LogP contribution is 2.18. The first kappa shape index (κ1) is 23.3. The van der Waals surface area contributed by atoms with Crippen molar-refractivity contribution in [3.8, 4) is 0 Å². The summed E-state index contributed by atoms with van der Waals surface area (Å²) in [7, 11) is 6.06. The Bertz CT molecular complexity index is 828. The zero-order valence-corrected chi connectivity index (χ0v) is 19.4. The van der Waals surface area contributed by atoms with Crippen LogP contribution in [-0.4, -0.2) is 69.8 Å². The van der Waals surface area contributed by atoms with Crippen LogP contribution in [0.15, 0.2) is 53.5 Å². The lowest BCUT2D eigenvalue weighted by atomic mass is 10.0. The number of guanidine groups is 1. The van der Waals surface area contributed by atoms with Gasteiger partial charge in [0.15, 0.2) is 5.96 Å². The van der Waals surface area contributed by atoms with Crippen molar-refractivity contribution in [2.24, 2.45) is 4.99 Å². The maximum absolute atomic E-state index is 5.48. The van der Waals surface area contributed by atoms with Gasteiger partial charge in [-0.2, -0.15) is 0 Å². The molecular weight excluding hydrogens is 386 g/mol. The highest BCUT2D eigenvalue weighted by molar-refractivity contribution is 5.79. The number of rotatable bonds is 8. The van der Waals surface area contributed by atoms with Crippen molar-refractivity contribution in [3.05, 3.63) is 70.8 Å². The zero-order chi connectivity index (χ0) is 22.1. The monoisotopic (exact) mass is 423 g/mol. The van der Waals surface area contributed by atoms with Crippen LogP contribution in [0.3, 0.4) is 0 Å². The largest absolute Gasteiger partial charge is 0.379 e. The molecule has 0 bridgehead atoms. The fraction of sp³-hybridized carbons (Fsp3) is 0.480. The number of nitrogens with zero attached hydrogens (tertiary/aromatic N) is 3. The number of nitrogens with one attached hydrogen (secondary N) is 2. The van der Waals surface area contributed by atoms with Crippen LogP contribution in [0.25, 0.3) is 0 Å². The molecule has 0 aliphatic carbocycles. The molecule has 2 aromatic rings. The summed E-state index contributed by atoms with van der Waals surface area (Å²) in [6.45, 7) is 8.25. The molecule has 1 unspecified atom stereocenters. The fourth-order valence-electron chi connectivity index (χ4n) is 3.86. The molecule has 6 nitrogen and oxygen atoms in total. The minimum absolute atomic E-state index is 0.271. The molecule has 0 aromatic heterocycles. The standard InChI is InChI=1S/C25H37N5O/c1-20-9-11-21(12-10-20)24(29(3)4)18-28-25(26-2)27-17-22-7-5-6-8-23(22)19-30-13-15-31-16-14-30/h5-12,24H,13-19H2,1-4H3,(H2,26,27,28). The molecule has 1 heterocycles. The topological polar surface area (TPSA) is 52.1 Å². The molecule has 3 rings (SSSR count). The van der Waals surface area contributed by atoms with E-state index in [1.54, 1.807) is 0 Å². The number of hydrogen-bond donors (Lipinski definition) is 2. The van der Waals surface area contributed by atoms with Crippen LogP contribution in [-0.2, 0) is 17.8 Å². The lowest BCUT2D eigenvalue weighted by Gasteiger charge is -2.28. The summed E-state index contributed by atoms with van der Waals surface area (Å²) < 4.78 is 5.48. The smallest absolute Gasteiger partial charge is 0.191 e. The fourth-order valence-corrected chi connectivity index (χ4v) is 3.86. The van der Waals surface area contributed by atoms with E-state index in [0.717, 1.165) is 51.9 Å². The normalized spacial score (nSPS) is 16.4. The van der Waals surface area contributed by atoms with Crippen LogP contribution in [0.5, 0.6) is 0 Å². The van der Waals surface area contributed by atoms with Gasteiger partial charge in [-0.15, -0.1) is 0 Å². The Hall–Kier alpha value is -2.41. The molecule has 1 aliphatic rings. The molecule has 0 saturated carbocycles. The molecule has 0 amide bonds. The van der Waals surface area contributed by atoms with Crippen molar-refractivity contribution in [1.82, 2.24) is 20.4 Å². The van der Waals surface area contributed by atoms with Gasteiger partial charge in [0.1, 0.15) is 0 Å². The predicted molar refractivity (Wildman–Crippen MR) is 128 cm³/mol. The molecule has 0 radical (unpaired) electrons. The van der Waals surface area contributed by atoms with E-state index >= 15 is 0 Å². The van der Waals surface area contributed by atoms with E-state index in [1.807, 2.05) is 7.05 Å². The molecule has 6 heteroatoms. The predicted octanol–water partition coefficient (Wildman–Crippen LogP) is 2.80. The molecule has 1 aliphatic heterocycles. The Morgan fingerprint density at radius 1 is 1.03 bits per heavy atom. The van der Waals surface area contributed by atoms with Gasteiger partial charge in [-0.05, 0) is 37.7 Å². The first-order valence-electron chi connectivity index (χ1n) is 11.1. The highest BCUT2D eigenvalue weighted by atomic mass is 16.5. The number of aliphatic imine (C=N–C) groups is 1. The highest BCUT2D eigenvalue weighted by Gasteiger charge is 2.15. The summed E-state index contributed by atoms with van der Waals surface area (Å²) in [6.07, 6.45) is 0. The molecular formula is C25H37N5O. The Morgan fingerprint density at radius 3 is 2.35 bits per heavy atom. The maximum Gasteiger partial charge on any atom is 0.191 e. The third-order valence-electron chi connectivity index (χ3n) is 5.83. The summed E-state index contributed by atoms with van der Waals surface area (Å²) >= 11 is 0. The molecule has 168 valence electrons. The summed E-state index contributed by atoms with van der Waals surface area (Å²) in [6, 6.07) is 17.7. The number of aryl methyl sites for hydroxylation is 1. The first-order valence-corrected chi connectivity index (χ1v) is 11.1. The quantitative estimate of drug-likeness (QED) is 0.505. The number of hydrogen-bond acceptors (Lipinski definition) is 4. The average molecular weight is 424 g/mol. The van der Waals surface area contributed by atoms with Gasteiger partial charge in [0, 0.05) is 39.8 Å². The van der Waals surface area contributed by atoms with Crippen LogP contribution < -0.4 is 10.6 Å². The maximum atomic E-state index is 5.48. The number of likely N-dealkylation sites (N-methyl/N-ethyl adjacent to an activating group) is 1. The van der Waals surface area contributed by atoms with Gasteiger partial charge in [0.05, 0.1) is 19.3 Å². The van der Waals surface area contributed by atoms with Crippen molar-refractivity contribution in [3.63, 3.8) is 0 Å². The molecule has 1 atom stereocenters. The van der Waals surface area contributed by atoms with Crippen LogP contribution in [0.1, 0.15) is 28.3 Å². The van der Waals surface area contributed by atoms with E-state index in [0.29, 0.717) is 0 Å². The van der Waals surface area contributed by atoms with Crippen LogP contribution in [0, 0.1) is 6.92 Å². The third kappa shape index (κ3) is 7.06. The van der Waals surface area contributed by atoms with Gasteiger partial charge in [-0.3, -0.25) is 9.89 Å². The van der Waals surface area contributed by atoms with Crippen molar-refractivity contribution in [1.29, 1.82) is 0 Å². The third-order valence-corrected chi connectivity index (χ3v) is 5.83. The second kappa shape index (κ2) is 11.8. The summed E-state index contributed by atoms with van der Waals surface area (Å²) in [4.78, 5) is 9.13. The van der Waals surface area contributed by atoms with Crippen molar-refractivity contribution < 1.29 is 4.74 Å². The van der Waals surface area contributed by atoms with E-state index in [4.69, 9.17) is 4.74 Å². The average Bonchev–Trinajstić information content (AvgIpc) is 2.78. The van der Waals surface area contributed by atoms with Crippen LogP contribution >= 0.6 is 0 Å². The van der Waals surface area contributed by atoms with Gasteiger partial charge >= 0.3 is 0 Å². The molecule has 31 heavy (non-hydrogen) atoms. The van der Waals surface area contributed by atoms with Crippen molar-refractivity contribution >= 4 is 5.96 Å².